The molecule has 1 heterocycles. The van der Waals surface area contributed by atoms with E-state index in [9.17, 15) is 8.42 Å². The number of rotatable bonds is 3. The monoisotopic (exact) mass is 239 g/mol. The molecule has 1 aromatic carbocycles. The highest BCUT2D eigenvalue weighted by Crippen LogP contribution is 2.32. The molecule has 0 aliphatic carbocycles. The number of nitrogens with one attached hydrogen (secondary N) is 1. The van der Waals surface area contributed by atoms with Gasteiger partial charge in [0.2, 0.25) is 0 Å². The molecule has 0 spiro atoms. The van der Waals surface area contributed by atoms with E-state index in [-0.39, 0.29) is 5.75 Å². The Morgan fingerprint density at radius 2 is 2.12 bits per heavy atom. The van der Waals surface area contributed by atoms with Crippen LogP contribution in [0.1, 0.15) is 24.8 Å². The van der Waals surface area contributed by atoms with E-state index < -0.39 is 9.84 Å². The number of sulfone groups is 1. The molecule has 0 fully saturated rings. The van der Waals surface area contributed by atoms with E-state index in [0.29, 0.717) is 10.8 Å². The summed E-state index contributed by atoms with van der Waals surface area (Å²) in [7, 11) is -3.03. The fourth-order valence-corrected chi connectivity index (χ4v) is 3.89. The van der Waals surface area contributed by atoms with Crippen LogP contribution in [0.15, 0.2) is 29.2 Å². The summed E-state index contributed by atoms with van der Waals surface area (Å²) in [4.78, 5) is 0.532. The lowest BCUT2D eigenvalue weighted by molar-refractivity contribution is 0.540. The van der Waals surface area contributed by atoms with Crippen LogP contribution in [0.4, 0.5) is 0 Å². The smallest absolute Gasteiger partial charge is 0.178 e. The minimum Gasteiger partial charge on any atom is -0.316 e. The van der Waals surface area contributed by atoms with E-state index in [0.717, 1.165) is 25.1 Å². The summed E-state index contributed by atoms with van der Waals surface area (Å²) in [6.45, 7) is 3.85. The van der Waals surface area contributed by atoms with Gasteiger partial charge in [0, 0.05) is 6.54 Å². The van der Waals surface area contributed by atoms with Gasteiger partial charge in [-0.15, -0.1) is 0 Å². The molecule has 3 nitrogen and oxygen atoms in total. The molecule has 2 rings (SSSR count). The second kappa shape index (κ2) is 4.55. The molecule has 88 valence electrons. The second-order valence-electron chi connectivity index (χ2n) is 4.15. The van der Waals surface area contributed by atoms with Crippen LogP contribution in [0.25, 0.3) is 0 Å². The molecule has 1 unspecified atom stereocenters. The van der Waals surface area contributed by atoms with Crippen molar-refractivity contribution < 1.29 is 8.42 Å². The summed E-state index contributed by atoms with van der Waals surface area (Å²) in [5.74, 6) is 0.611. The van der Waals surface area contributed by atoms with Crippen LogP contribution in [0.3, 0.4) is 0 Å². The average molecular weight is 239 g/mol. The Balaban J connectivity index is 2.36. The number of hydrogen-bond acceptors (Lipinski definition) is 3. The quantitative estimate of drug-likeness (QED) is 0.870. The van der Waals surface area contributed by atoms with Gasteiger partial charge in [-0.05, 0) is 30.5 Å². The van der Waals surface area contributed by atoms with Gasteiger partial charge in [0.25, 0.3) is 0 Å². The van der Waals surface area contributed by atoms with Crippen molar-refractivity contribution in [2.45, 2.75) is 24.2 Å². The minimum absolute atomic E-state index is 0.278. The topological polar surface area (TPSA) is 46.2 Å². The molecule has 0 saturated heterocycles. The van der Waals surface area contributed by atoms with Gasteiger partial charge in [0.15, 0.2) is 9.84 Å². The Bertz CT molecular complexity index is 468. The van der Waals surface area contributed by atoms with Crippen LogP contribution >= 0.6 is 0 Å². The summed E-state index contributed by atoms with van der Waals surface area (Å²) in [5.41, 5.74) is 0.981. The third-order valence-electron chi connectivity index (χ3n) is 3.07. The zero-order valence-electron chi connectivity index (χ0n) is 9.44. The standard InChI is InChI=1S/C12H17NO2S/c1-2-13-9-10-7-8-16(14,15)12-6-4-3-5-11(10)12/h3-6,10,13H,2,7-9H2,1H3. The summed E-state index contributed by atoms with van der Waals surface area (Å²) in [5, 5.41) is 3.29. The van der Waals surface area contributed by atoms with Gasteiger partial charge >= 0.3 is 0 Å². The normalized spacial score (nSPS) is 22.7. The third-order valence-corrected chi connectivity index (χ3v) is 4.88. The van der Waals surface area contributed by atoms with Crippen molar-refractivity contribution in [2.24, 2.45) is 0 Å². The first-order valence-corrected chi connectivity index (χ1v) is 7.33. The molecule has 0 saturated carbocycles. The van der Waals surface area contributed by atoms with Gasteiger partial charge in [-0.2, -0.15) is 0 Å². The van der Waals surface area contributed by atoms with Crippen LogP contribution in [0.2, 0.25) is 0 Å². The molecular formula is C12H17NO2S. The van der Waals surface area contributed by atoms with E-state index in [1.54, 1.807) is 12.1 Å². The van der Waals surface area contributed by atoms with Crippen molar-refractivity contribution >= 4 is 9.84 Å². The van der Waals surface area contributed by atoms with Crippen molar-refractivity contribution in [2.75, 3.05) is 18.8 Å². The minimum atomic E-state index is -3.03. The lowest BCUT2D eigenvalue weighted by Gasteiger charge is -2.25. The molecular weight excluding hydrogens is 222 g/mol. The average Bonchev–Trinajstić information content (AvgIpc) is 2.29. The molecule has 0 aromatic heterocycles. The highest BCUT2D eigenvalue weighted by atomic mass is 32.2. The van der Waals surface area contributed by atoms with Crippen molar-refractivity contribution in [3.05, 3.63) is 29.8 Å². The largest absolute Gasteiger partial charge is 0.316 e. The lowest BCUT2D eigenvalue weighted by atomic mass is 9.96. The number of benzene rings is 1. The molecule has 1 aliphatic heterocycles. The van der Waals surface area contributed by atoms with Crippen molar-refractivity contribution in [3.8, 4) is 0 Å². The van der Waals surface area contributed by atoms with Crippen LogP contribution in [-0.4, -0.2) is 27.3 Å². The Morgan fingerprint density at radius 1 is 1.38 bits per heavy atom. The highest BCUT2D eigenvalue weighted by Gasteiger charge is 2.29. The van der Waals surface area contributed by atoms with Crippen LogP contribution in [0, 0.1) is 0 Å². The van der Waals surface area contributed by atoms with Gasteiger partial charge in [-0.25, -0.2) is 8.42 Å². The van der Waals surface area contributed by atoms with E-state index in [1.165, 1.54) is 0 Å². The molecule has 1 aromatic rings. The second-order valence-corrected chi connectivity index (χ2v) is 6.23. The fraction of sp³-hybridized carbons (Fsp3) is 0.500. The van der Waals surface area contributed by atoms with Gasteiger partial charge in [-0.3, -0.25) is 0 Å². The van der Waals surface area contributed by atoms with E-state index in [1.807, 2.05) is 12.1 Å². The highest BCUT2D eigenvalue weighted by molar-refractivity contribution is 7.91. The number of fused-ring (bicyclic) bond motifs is 1. The molecule has 1 aliphatic rings. The molecule has 1 atom stereocenters. The van der Waals surface area contributed by atoms with E-state index in [4.69, 9.17) is 0 Å². The maximum atomic E-state index is 11.9. The first-order chi connectivity index (χ1) is 7.65. The van der Waals surface area contributed by atoms with Crippen LogP contribution in [-0.2, 0) is 9.84 Å². The molecule has 1 N–H and O–H groups in total. The SMILES string of the molecule is CCNCC1CCS(=O)(=O)c2ccccc21. The maximum Gasteiger partial charge on any atom is 0.178 e. The molecule has 16 heavy (non-hydrogen) atoms. The van der Waals surface area contributed by atoms with Gasteiger partial charge < -0.3 is 5.32 Å². The predicted octanol–water partition coefficient (Wildman–Crippen LogP) is 1.56. The maximum absolute atomic E-state index is 11.9. The summed E-state index contributed by atoms with van der Waals surface area (Å²) < 4.78 is 23.7. The zero-order valence-corrected chi connectivity index (χ0v) is 10.3. The predicted molar refractivity (Wildman–Crippen MR) is 64.4 cm³/mol. The molecule has 0 radical (unpaired) electrons. The van der Waals surface area contributed by atoms with Gasteiger partial charge in [0.05, 0.1) is 10.6 Å². The number of hydrogen-bond donors (Lipinski definition) is 1. The first-order valence-electron chi connectivity index (χ1n) is 5.67. The van der Waals surface area contributed by atoms with Gasteiger partial charge in [-0.1, -0.05) is 25.1 Å². The van der Waals surface area contributed by atoms with E-state index in [2.05, 4.69) is 12.2 Å². The Labute approximate surface area is 96.8 Å². The van der Waals surface area contributed by atoms with E-state index >= 15 is 0 Å². The third kappa shape index (κ3) is 2.13. The Morgan fingerprint density at radius 3 is 2.88 bits per heavy atom. The first kappa shape index (κ1) is 11.6. The van der Waals surface area contributed by atoms with Gasteiger partial charge in [0.1, 0.15) is 0 Å². The molecule has 0 bridgehead atoms. The molecule has 0 amide bonds. The lowest BCUT2D eigenvalue weighted by Crippen LogP contribution is -2.28. The zero-order chi connectivity index (χ0) is 11.6. The summed E-state index contributed by atoms with van der Waals surface area (Å²) in [6.07, 6.45) is 0.729. The van der Waals surface area contributed by atoms with Crippen LogP contribution < -0.4 is 5.32 Å². The Hall–Kier alpha value is -0.870. The molecule has 4 heteroatoms. The summed E-state index contributed by atoms with van der Waals surface area (Å²) in [6, 6.07) is 7.38. The van der Waals surface area contributed by atoms with Crippen molar-refractivity contribution in [1.29, 1.82) is 0 Å². The summed E-state index contributed by atoms with van der Waals surface area (Å²) >= 11 is 0. The van der Waals surface area contributed by atoms with Crippen molar-refractivity contribution in [1.82, 2.24) is 5.32 Å². The van der Waals surface area contributed by atoms with Crippen LogP contribution in [0.5, 0.6) is 0 Å². The fourth-order valence-electron chi connectivity index (χ4n) is 2.19. The number of likely N-dealkylation sites (N-methyl/N-ethyl adjacent to an activating group) is 1. The Kier molecular flexibility index (Phi) is 3.30. The van der Waals surface area contributed by atoms with Crippen molar-refractivity contribution in [3.63, 3.8) is 0 Å².